The van der Waals surface area contributed by atoms with Crippen LogP contribution in [0.3, 0.4) is 0 Å². The fraction of sp³-hybridized carbons (Fsp3) is 0.333. The molecule has 3 nitrogen and oxygen atoms in total. The summed E-state index contributed by atoms with van der Waals surface area (Å²) in [7, 11) is 1.85. The van der Waals surface area contributed by atoms with Crippen molar-refractivity contribution in [3.63, 3.8) is 0 Å². The number of hydrogen-bond acceptors (Lipinski definition) is 2. The van der Waals surface area contributed by atoms with Gasteiger partial charge in [-0.25, -0.2) is 0 Å². The molecule has 12 heavy (non-hydrogen) atoms. The summed E-state index contributed by atoms with van der Waals surface area (Å²) < 4.78 is 1.80. The molecule has 2 N–H and O–H groups in total. The number of nitrogens with two attached hydrogens (primary N) is 1. The molecule has 1 aromatic heterocycles. The Morgan fingerprint density at radius 2 is 2.33 bits per heavy atom. The molecule has 0 aliphatic heterocycles. The zero-order valence-corrected chi connectivity index (χ0v) is 7.16. The van der Waals surface area contributed by atoms with E-state index in [1.165, 1.54) is 0 Å². The number of carbonyl (C=O) groups is 1. The van der Waals surface area contributed by atoms with Gasteiger partial charge in [-0.15, -0.1) is 0 Å². The highest BCUT2D eigenvalue weighted by molar-refractivity contribution is 5.92. The first-order valence-electron chi connectivity index (χ1n) is 3.93. The maximum atomic E-state index is 11.4. The monoisotopic (exact) mass is 165 g/mol. The summed E-state index contributed by atoms with van der Waals surface area (Å²) in [6.07, 6.45) is 2.27. The molecule has 0 spiro atoms. The number of hydrogen-bond donors (Lipinski definition) is 1. The smallest absolute Gasteiger partial charge is 0.248 e. The summed E-state index contributed by atoms with van der Waals surface area (Å²) in [6, 6.07) is 5.54. The molecule has 0 atom stereocenters. The molecular formula is C9H13N2O+. The minimum atomic E-state index is 0.0978. The van der Waals surface area contributed by atoms with Crippen LogP contribution in [-0.4, -0.2) is 12.3 Å². The molecule has 64 valence electrons. The van der Waals surface area contributed by atoms with Gasteiger partial charge in [-0.1, -0.05) is 0 Å². The summed E-state index contributed by atoms with van der Waals surface area (Å²) in [6.45, 7) is 0.410. The van der Waals surface area contributed by atoms with Crippen LogP contribution in [0.2, 0.25) is 0 Å². The second-order valence-corrected chi connectivity index (χ2v) is 2.66. The molecule has 0 aliphatic rings. The van der Waals surface area contributed by atoms with Gasteiger partial charge in [0.1, 0.15) is 7.05 Å². The van der Waals surface area contributed by atoms with Crippen molar-refractivity contribution >= 4 is 5.78 Å². The van der Waals surface area contributed by atoms with Gasteiger partial charge < -0.3 is 5.73 Å². The molecule has 1 heterocycles. The van der Waals surface area contributed by atoms with Crippen molar-refractivity contribution in [2.24, 2.45) is 12.8 Å². The largest absolute Gasteiger partial charge is 0.330 e. The predicted molar refractivity (Wildman–Crippen MR) is 45.6 cm³/mol. The number of aryl methyl sites for hydroxylation is 1. The van der Waals surface area contributed by atoms with Gasteiger partial charge in [-0.2, -0.15) is 4.57 Å². The van der Waals surface area contributed by atoms with Crippen LogP contribution < -0.4 is 10.3 Å². The average Bonchev–Trinajstić information content (AvgIpc) is 2.05. The highest BCUT2D eigenvalue weighted by Crippen LogP contribution is 1.95. The molecule has 1 rings (SSSR count). The van der Waals surface area contributed by atoms with Gasteiger partial charge in [0.25, 0.3) is 0 Å². The molecule has 1 aromatic rings. The van der Waals surface area contributed by atoms with E-state index in [0.29, 0.717) is 18.7 Å². The molecule has 0 radical (unpaired) electrons. The van der Waals surface area contributed by atoms with E-state index in [0.717, 1.165) is 0 Å². The molecule has 0 bridgehead atoms. The van der Waals surface area contributed by atoms with Crippen molar-refractivity contribution in [1.29, 1.82) is 0 Å². The maximum absolute atomic E-state index is 11.4. The van der Waals surface area contributed by atoms with Crippen LogP contribution in [0, 0.1) is 0 Å². The molecule has 0 amide bonds. The molecule has 0 unspecified atom stereocenters. The predicted octanol–water partition coefficient (Wildman–Crippen LogP) is 0.0426. The third-order valence-corrected chi connectivity index (χ3v) is 1.71. The van der Waals surface area contributed by atoms with E-state index in [1.807, 2.05) is 25.4 Å². The first-order valence-corrected chi connectivity index (χ1v) is 3.93. The molecule has 0 aromatic carbocycles. The van der Waals surface area contributed by atoms with Crippen molar-refractivity contribution < 1.29 is 9.36 Å². The normalized spacial score (nSPS) is 9.83. The van der Waals surface area contributed by atoms with Crippen LogP contribution in [0.25, 0.3) is 0 Å². The SMILES string of the molecule is C[n+]1ccccc1C(=O)CCN. The van der Waals surface area contributed by atoms with Gasteiger partial charge in [0.2, 0.25) is 11.5 Å². The summed E-state index contributed by atoms with van der Waals surface area (Å²) >= 11 is 0. The Morgan fingerprint density at radius 1 is 1.58 bits per heavy atom. The second-order valence-electron chi connectivity index (χ2n) is 2.66. The zero-order valence-electron chi connectivity index (χ0n) is 7.16. The van der Waals surface area contributed by atoms with E-state index in [9.17, 15) is 4.79 Å². The van der Waals surface area contributed by atoms with Crippen LogP contribution in [0.15, 0.2) is 24.4 Å². The number of carbonyl (C=O) groups excluding carboxylic acids is 1. The van der Waals surface area contributed by atoms with Gasteiger partial charge in [-0.05, 0) is 12.6 Å². The van der Waals surface area contributed by atoms with Crippen molar-refractivity contribution in [1.82, 2.24) is 0 Å². The van der Waals surface area contributed by atoms with E-state index < -0.39 is 0 Å². The van der Waals surface area contributed by atoms with Crippen molar-refractivity contribution in [3.8, 4) is 0 Å². The lowest BCUT2D eigenvalue weighted by atomic mass is 10.2. The van der Waals surface area contributed by atoms with Gasteiger partial charge in [0.15, 0.2) is 6.20 Å². The minimum absolute atomic E-state index is 0.0978. The van der Waals surface area contributed by atoms with Crippen molar-refractivity contribution in [2.75, 3.05) is 6.54 Å². The Kier molecular flexibility index (Phi) is 2.94. The van der Waals surface area contributed by atoms with Crippen LogP contribution in [0.4, 0.5) is 0 Å². The highest BCUT2D eigenvalue weighted by Gasteiger charge is 2.13. The fourth-order valence-electron chi connectivity index (χ4n) is 1.07. The van der Waals surface area contributed by atoms with Crippen LogP contribution in [-0.2, 0) is 7.05 Å². The second kappa shape index (κ2) is 3.97. The van der Waals surface area contributed by atoms with Gasteiger partial charge in [0, 0.05) is 18.6 Å². The number of nitrogens with zero attached hydrogens (tertiary/aromatic N) is 1. The number of ketones is 1. The topological polar surface area (TPSA) is 47.0 Å². The third kappa shape index (κ3) is 1.89. The number of pyridine rings is 1. The minimum Gasteiger partial charge on any atom is -0.330 e. The highest BCUT2D eigenvalue weighted by atomic mass is 16.1. The fourth-order valence-corrected chi connectivity index (χ4v) is 1.07. The van der Waals surface area contributed by atoms with Crippen molar-refractivity contribution in [2.45, 2.75) is 6.42 Å². The first kappa shape index (κ1) is 8.87. The molecule has 0 aliphatic carbocycles. The quantitative estimate of drug-likeness (QED) is 0.508. The van der Waals surface area contributed by atoms with Gasteiger partial charge in [-0.3, -0.25) is 4.79 Å². The van der Waals surface area contributed by atoms with E-state index >= 15 is 0 Å². The lowest BCUT2D eigenvalue weighted by molar-refractivity contribution is -0.673. The van der Waals surface area contributed by atoms with E-state index in [4.69, 9.17) is 5.73 Å². The average molecular weight is 165 g/mol. The number of rotatable bonds is 3. The van der Waals surface area contributed by atoms with Gasteiger partial charge in [0.05, 0.1) is 0 Å². The van der Waals surface area contributed by atoms with E-state index in [2.05, 4.69) is 0 Å². The first-order chi connectivity index (χ1) is 5.75. The van der Waals surface area contributed by atoms with Crippen molar-refractivity contribution in [3.05, 3.63) is 30.1 Å². The summed E-state index contributed by atoms with van der Waals surface area (Å²) in [4.78, 5) is 11.4. The molecule has 3 heteroatoms. The van der Waals surface area contributed by atoms with Crippen LogP contribution in [0.5, 0.6) is 0 Å². The summed E-state index contributed by atoms with van der Waals surface area (Å²) in [5.41, 5.74) is 6.00. The zero-order chi connectivity index (χ0) is 8.97. The molecular weight excluding hydrogens is 152 g/mol. The Morgan fingerprint density at radius 3 is 2.92 bits per heavy atom. The van der Waals surface area contributed by atoms with Crippen LogP contribution in [0.1, 0.15) is 16.9 Å². The third-order valence-electron chi connectivity index (χ3n) is 1.71. The number of Topliss-reactive ketones (excluding diaryl/α,β-unsaturated/α-hetero) is 1. The lowest BCUT2D eigenvalue weighted by Gasteiger charge is -1.95. The van der Waals surface area contributed by atoms with Gasteiger partial charge >= 0.3 is 0 Å². The van der Waals surface area contributed by atoms with E-state index in [-0.39, 0.29) is 5.78 Å². The molecule has 0 saturated heterocycles. The molecule has 0 saturated carbocycles. The van der Waals surface area contributed by atoms with Crippen LogP contribution >= 0.6 is 0 Å². The summed E-state index contributed by atoms with van der Waals surface area (Å²) in [5.74, 6) is 0.0978. The van der Waals surface area contributed by atoms with E-state index in [1.54, 1.807) is 10.6 Å². The standard InChI is InChI=1S/C9H13N2O/c1-11-7-3-2-4-8(11)9(12)5-6-10/h2-4,7H,5-6,10H2,1H3/q+1. The summed E-state index contributed by atoms with van der Waals surface area (Å²) in [5, 5.41) is 0. The lowest BCUT2D eigenvalue weighted by Crippen LogP contribution is -2.35. The molecule has 0 fully saturated rings. The Balaban J connectivity index is 2.87. The Labute approximate surface area is 71.8 Å². The Bertz CT molecular complexity index is 284. The maximum Gasteiger partial charge on any atom is 0.248 e. The Hall–Kier alpha value is -1.22. The number of aromatic nitrogens is 1.